The van der Waals surface area contributed by atoms with Gasteiger partial charge in [0.1, 0.15) is 17.5 Å². The summed E-state index contributed by atoms with van der Waals surface area (Å²) in [5, 5.41) is 9.35. The number of nitriles is 1. The van der Waals surface area contributed by atoms with Crippen LogP contribution in [-0.4, -0.2) is 26.3 Å². The van der Waals surface area contributed by atoms with Crippen molar-refractivity contribution in [2.24, 2.45) is 0 Å². The Bertz CT molecular complexity index is 726. The van der Waals surface area contributed by atoms with E-state index in [4.69, 9.17) is 19.9 Å². The number of nitrogens with zero attached hydrogens (tertiary/aromatic N) is 2. The molecule has 2 aromatic rings. The zero-order valence-corrected chi connectivity index (χ0v) is 12.9. The Kier molecular flexibility index (Phi) is 4.37. The minimum absolute atomic E-state index is 0.200. The molecule has 0 aliphatic heterocycles. The van der Waals surface area contributed by atoms with Crippen LogP contribution in [0.2, 0.25) is 0 Å². The van der Waals surface area contributed by atoms with Crippen molar-refractivity contribution in [1.82, 2.24) is 4.98 Å². The summed E-state index contributed by atoms with van der Waals surface area (Å²) in [4.78, 5) is 4.12. The van der Waals surface area contributed by atoms with Crippen LogP contribution in [0.15, 0.2) is 18.2 Å². The minimum atomic E-state index is 0.200. The summed E-state index contributed by atoms with van der Waals surface area (Å²) < 4.78 is 16.0. The number of methoxy groups -OCH3 is 3. The zero-order valence-electron chi connectivity index (χ0n) is 12.9. The molecule has 0 radical (unpaired) electrons. The monoisotopic (exact) mass is 299 g/mol. The number of hydrogen-bond donors (Lipinski definition) is 1. The van der Waals surface area contributed by atoms with Crippen LogP contribution in [0.3, 0.4) is 0 Å². The summed E-state index contributed by atoms with van der Waals surface area (Å²) in [7, 11) is 4.62. The smallest absolute Gasteiger partial charge is 0.203 e. The fourth-order valence-corrected chi connectivity index (χ4v) is 2.28. The van der Waals surface area contributed by atoms with Crippen molar-refractivity contribution >= 4 is 5.82 Å². The first-order chi connectivity index (χ1) is 10.5. The van der Waals surface area contributed by atoms with Gasteiger partial charge in [0.25, 0.3) is 0 Å². The molecule has 0 unspecified atom stereocenters. The lowest BCUT2D eigenvalue weighted by Gasteiger charge is -2.15. The van der Waals surface area contributed by atoms with Gasteiger partial charge >= 0.3 is 0 Å². The third kappa shape index (κ3) is 2.61. The van der Waals surface area contributed by atoms with Crippen LogP contribution in [0.25, 0.3) is 11.1 Å². The van der Waals surface area contributed by atoms with E-state index in [0.29, 0.717) is 28.4 Å². The fraction of sp³-hybridized carbons (Fsp3) is 0.250. The van der Waals surface area contributed by atoms with Gasteiger partial charge < -0.3 is 19.9 Å². The third-order valence-corrected chi connectivity index (χ3v) is 3.26. The molecule has 0 aliphatic rings. The van der Waals surface area contributed by atoms with Crippen LogP contribution in [-0.2, 0) is 0 Å². The number of pyridine rings is 1. The number of hydrogen-bond acceptors (Lipinski definition) is 6. The van der Waals surface area contributed by atoms with Crippen molar-refractivity contribution in [3.05, 3.63) is 29.5 Å². The van der Waals surface area contributed by atoms with Gasteiger partial charge in [-0.15, -0.1) is 0 Å². The summed E-state index contributed by atoms with van der Waals surface area (Å²) in [6.07, 6.45) is 0. The largest absolute Gasteiger partial charge is 0.493 e. The average molecular weight is 299 g/mol. The first-order valence-corrected chi connectivity index (χ1v) is 6.53. The van der Waals surface area contributed by atoms with Gasteiger partial charge in [0.15, 0.2) is 11.5 Å². The number of aryl methyl sites for hydroxylation is 1. The summed E-state index contributed by atoms with van der Waals surface area (Å²) in [5.74, 6) is 1.71. The molecule has 2 rings (SSSR count). The van der Waals surface area contributed by atoms with E-state index in [1.165, 1.54) is 7.11 Å². The molecule has 2 N–H and O–H groups in total. The highest BCUT2D eigenvalue weighted by Crippen LogP contribution is 2.42. The second-order valence-electron chi connectivity index (χ2n) is 4.60. The van der Waals surface area contributed by atoms with Gasteiger partial charge in [0, 0.05) is 11.3 Å². The number of aromatic nitrogens is 1. The molecule has 1 aromatic carbocycles. The Morgan fingerprint density at radius 1 is 1.05 bits per heavy atom. The quantitative estimate of drug-likeness (QED) is 0.933. The fourth-order valence-electron chi connectivity index (χ4n) is 2.28. The maximum Gasteiger partial charge on any atom is 0.203 e. The van der Waals surface area contributed by atoms with Gasteiger partial charge in [-0.1, -0.05) is 0 Å². The molecule has 0 saturated carbocycles. The number of benzene rings is 1. The number of ether oxygens (including phenoxy) is 3. The molecule has 6 heteroatoms. The van der Waals surface area contributed by atoms with E-state index in [1.807, 2.05) is 6.92 Å². The molecule has 0 amide bonds. The van der Waals surface area contributed by atoms with Gasteiger partial charge in [-0.25, -0.2) is 4.98 Å². The molecule has 0 bridgehead atoms. The van der Waals surface area contributed by atoms with E-state index < -0.39 is 0 Å². The molecule has 0 saturated heterocycles. The molecule has 1 heterocycles. The van der Waals surface area contributed by atoms with E-state index in [1.54, 1.807) is 32.4 Å². The van der Waals surface area contributed by atoms with Gasteiger partial charge in [0.2, 0.25) is 5.75 Å². The number of nitrogen functional groups attached to an aromatic ring is 1. The molecular weight excluding hydrogens is 282 g/mol. The van der Waals surface area contributed by atoms with Crippen LogP contribution in [0.1, 0.15) is 11.3 Å². The van der Waals surface area contributed by atoms with Crippen LogP contribution in [0.5, 0.6) is 17.2 Å². The first-order valence-electron chi connectivity index (χ1n) is 6.53. The van der Waals surface area contributed by atoms with E-state index in [9.17, 15) is 5.26 Å². The Labute approximate surface area is 129 Å². The zero-order chi connectivity index (χ0) is 16.3. The first kappa shape index (κ1) is 15.4. The molecule has 114 valence electrons. The van der Waals surface area contributed by atoms with E-state index >= 15 is 0 Å². The van der Waals surface area contributed by atoms with Gasteiger partial charge in [-0.3, -0.25) is 0 Å². The highest BCUT2D eigenvalue weighted by atomic mass is 16.5. The number of rotatable bonds is 4. The molecule has 0 fully saturated rings. The number of nitrogens with two attached hydrogens (primary N) is 1. The van der Waals surface area contributed by atoms with Gasteiger partial charge in [-0.2, -0.15) is 5.26 Å². The van der Waals surface area contributed by atoms with E-state index in [0.717, 1.165) is 11.3 Å². The lowest BCUT2D eigenvalue weighted by atomic mass is 9.99. The summed E-state index contributed by atoms with van der Waals surface area (Å²) >= 11 is 0. The Morgan fingerprint density at radius 3 is 2.09 bits per heavy atom. The Balaban J connectivity index is 2.76. The summed E-state index contributed by atoms with van der Waals surface area (Å²) in [6.45, 7) is 1.82. The Morgan fingerprint density at radius 2 is 1.64 bits per heavy atom. The van der Waals surface area contributed by atoms with Gasteiger partial charge in [-0.05, 0) is 30.7 Å². The van der Waals surface area contributed by atoms with Crippen LogP contribution in [0.4, 0.5) is 5.82 Å². The standard InChI is InChI=1S/C16H17N3O3/c1-9-5-11(12(8-17)16(18)19-9)10-6-13(20-2)15(22-4)14(7-10)21-3/h5-7H,1-4H3,(H2,18,19). The number of anilines is 1. The van der Waals surface area contributed by atoms with Crippen molar-refractivity contribution < 1.29 is 14.2 Å². The van der Waals surface area contributed by atoms with Crippen molar-refractivity contribution in [2.45, 2.75) is 6.92 Å². The summed E-state index contributed by atoms with van der Waals surface area (Å²) in [5.41, 5.74) is 8.30. The maximum absolute atomic E-state index is 9.35. The maximum atomic E-state index is 9.35. The highest BCUT2D eigenvalue weighted by Gasteiger charge is 2.17. The second kappa shape index (κ2) is 6.22. The molecule has 22 heavy (non-hydrogen) atoms. The van der Waals surface area contributed by atoms with Crippen LogP contribution in [0, 0.1) is 18.3 Å². The predicted molar refractivity (Wildman–Crippen MR) is 83.2 cm³/mol. The lowest BCUT2D eigenvalue weighted by Crippen LogP contribution is -2.00. The lowest BCUT2D eigenvalue weighted by molar-refractivity contribution is 0.324. The molecule has 0 spiro atoms. The van der Waals surface area contributed by atoms with Crippen LogP contribution < -0.4 is 19.9 Å². The van der Waals surface area contributed by atoms with Crippen molar-refractivity contribution in [1.29, 1.82) is 5.26 Å². The SMILES string of the molecule is COc1cc(-c2cc(C)nc(N)c2C#N)cc(OC)c1OC. The minimum Gasteiger partial charge on any atom is -0.493 e. The average Bonchev–Trinajstić information content (AvgIpc) is 2.52. The molecule has 0 aliphatic carbocycles. The van der Waals surface area contributed by atoms with Crippen molar-refractivity contribution in [2.75, 3.05) is 27.1 Å². The third-order valence-electron chi connectivity index (χ3n) is 3.26. The molecule has 0 atom stereocenters. The predicted octanol–water partition coefficient (Wildman–Crippen LogP) is 2.54. The van der Waals surface area contributed by atoms with E-state index in [-0.39, 0.29) is 5.82 Å². The second-order valence-corrected chi connectivity index (χ2v) is 4.60. The van der Waals surface area contributed by atoms with Gasteiger partial charge in [0.05, 0.1) is 21.3 Å². The molecule has 1 aromatic heterocycles. The normalized spacial score (nSPS) is 9.95. The highest BCUT2D eigenvalue weighted by molar-refractivity contribution is 5.79. The van der Waals surface area contributed by atoms with Crippen molar-refractivity contribution in [3.8, 4) is 34.4 Å². The molecule has 6 nitrogen and oxygen atoms in total. The van der Waals surface area contributed by atoms with Crippen molar-refractivity contribution in [3.63, 3.8) is 0 Å². The van der Waals surface area contributed by atoms with E-state index in [2.05, 4.69) is 11.1 Å². The molecular formula is C16H17N3O3. The Hall–Kier alpha value is -2.94. The van der Waals surface area contributed by atoms with Crippen LogP contribution >= 0.6 is 0 Å². The topological polar surface area (TPSA) is 90.4 Å². The summed E-state index contributed by atoms with van der Waals surface area (Å²) in [6, 6.07) is 7.44.